The van der Waals surface area contributed by atoms with Crippen LogP contribution in [0.5, 0.6) is 5.75 Å². The zero-order chi connectivity index (χ0) is 29.7. The maximum atomic E-state index is 13.2. The molecule has 3 amide bonds. The van der Waals surface area contributed by atoms with Crippen LogP contribution in [0.3, 0.4) is 0 Å². The number of hydrogen-bond donors (Lipinski definition) is 1. The predicted octanol–water partition coefficient (Wildman–Crippen LogP) is 5.99. The molecule has 0 radical (unpaired) electrons. The molecule has 0 aromatic heterocycles. The van der Waals surface area contributed by atoms with Gasteiger partial charge in [-0.3, -0.25) is 14.6 Å². The standard InChI is InChI=1S/C31H43N3O6/c1-30(2,3)39-27(36)23(12-10-16-32(7)29(38)40-31(4,5)6)19-22-11-8-13-24(20-22)33-17-18-34(28(33)37)25-14-9-15-26(35)21-25/h8-9,11,13-15,20-21,23,35H,10,12,16-19H2,1-7H3. The molecular formula is C31H43N3O6. The summed E-state index contributed by atoms with van der Waals surface area (Å²) in [5.41, 5.74) is 1.11. The van der Waals surface area contributed by atoms with Gasteiger partial charge in [0, 0.05) is 44.1 Å². The first-order chi connectivity index (χ1) is 18.6. The molecule has 1 aliphatic rings. The third kappa shape index (κ3) is 8.89. The van der Waals surface area contributed by atoms with Crippen LogP contribution in [0, 0.1) is 5.92 Å². The number of hydrogen-bond acceptors (Lipinski definition) is 6. The van der Waals surface area contributed by atoms with Crippen LogP contribution in [0.1, 0.15) is 59.9 Å². The number of benzene rings is 2. The Labute approximate surface area is 237 Å². The van der Waals surface area contributed by atoms with Gasteiger partial charge in [-0.2, -0.15) is 0 Å². The second kappa shape index (κ2) is 12.6. The Kier molecular flexibility index (Phi) is 9.71. The van der Waals surface area contributed by atoms with E-state index in [0.717, 1.165) is 11.3 Å². The Hall–Kier alpha value is -3.75. The van der Waals surface area contributed by atoms with E-state index >= 15 is 0 Å². The number of phenolic OH excluding ortho intramolecular Hbond substituents is 1. The lowest BCUT2D eigenvalue weighted by molar-refractivity contribution is -0.160. The van der Waals surface area contributed by atoms with Crippen molar-refractivity contribution in [2.75, 3.05) is 36.5 Å². The minimum atomic E-state index is -0.623. The minimum Gasteiger partial charge on any atom is -0.508 e. The van der Waals surface area contributed by atoms with Crippen LogP contribution in [0.15, 0.2) is 48.5 Å². The second-order valence-corrected chi connectivity index (χ2v) is 12.3. The van der Waals surface area contributed by atoms with Crippen molar-refractivity contribution in [3.63, 3.8) is 0 Å². The van der Waals surface area contributed by atoms with E-state index in [4.69, 9.17) is 9.47 Å². The number of amides is 3. The molecule has 2 aromatic rings. The summed E-state index contributed by atoms with van der Waals surface area (Å²) in [6, 6.07) is 14.1. The number of carbonyl (C=O) groups is 3. The number of ether oxygens (including phenoxy) is 2. The average molecular weight is 554 g/mol. The van der Waals surface area contributed by atoms with Crippen molar-refractivity contribution in [2.45, 2.75) is 72.0 Å². The highest BCUT2D eigenvalue weighted by molar-refractivity contribution is 6.06. The Balaban J connectivity index is 1.70. The molecular weight excluding hydrogens is 510 g/mol. The maximum absolute atomic E-state index is 13.2. The summed E-state index contributed by atoms with van der Waals surface area (Å²) < 4.78 is 11.2. The normalized spacial score (nSPS) is 14.7. The molecule has 0 aliphatic carbocycles. The topological polar surface area (TPSA) is 99.6 Å². The fourth-order valence-corrected chi connectivity index (χ4v) is 4.51. The van der Waals surface area contributed by atoms with Gasteiger partial charge >= 0.3 is 18.1 Å². The Morgan fingerprint density at radius 1 is 0.925 bits per heavy atom. The third-order valence-electron chi connectivity index (χ3n) is 6.35. The molecule has 1 N–H and O–H groups in total. The van der Waals surface area contributed by atoms with Gasteiger partial charge in [0.2, 0.25) is 0 Å². The van der Waals surface area contributed by atoms with E-state index in [2.05, 4.69) is 0 Å². The Morgan fingerprint density at radius 3 is 2.08 bits per heavy atom. The van der Waals surface area contributed by atoms with Crippen molar-refractivity contribution in [2.24, 2.45) is 5.92 Å². The smallest absolute Gasteiger partial charge is 0.410 e. The molecule has 1 aliphatic heterocycles. The molecule has 0 spiro atoms. The van der Waals surface area contributed by atoms with Crippen LogP contribution in [0.2, 0.25) is 0 Å². The summed E-state index contributed by atoms with van der Waals surface area (Å²) in [5.74, 6) is -0.596. The summed E-state index contributed by atoms with van der Waals surface area (Å²) in [7, 11) is 1.69. The van der Waals surface area contributed by atoms with E-state index in [1.54, 1.807) is 41.1 Å². The number of carbonyl (C=O) groups excluding carboxylic acids is 3. The number of urea groups is 1. The van der Waals surface area contributed by atoms with Crippen molar-refractivity contribution in [3.05, 3.63) is 54.1 Å². The van der Waals surface area contributed by atoms with Gasteiger partial charge in [-0.15, -0.1) is 0 Å². The summed E-state index contributed by atoms with van der Waals surface area (Å²) >= 11 is 0. The van der Waals surface area contributed by atoms with Gasteiger partial charge in [-0.05, 0) is 90.6 Å². The predicted molar refractivity (Wildman–Crippen MR) is 156 cm³/mol. The quantitative estimate of drug-likeness (QED) is 0.383. The number of aromatic hydroxyl groups is 1. The van der Waals surface area contributed by atoms with Crippen LogP contribution in [0.25, 0.3) is 0 Å². The van der Waals surface area contributed by atoms with Gasteiger partial charge in [-0.1, -0.05) is 18.2 Å². The fraction of sp³-hybridized carbons (Fsp3) is 0.516. The molecule has 1 fully saturated rings. The van der Waals surface area contributed by atoms with Crippen molar-refractivity contribution in [1.29, 1.82) is 0 Å². The van der Waals surface area contributed by atoms with Crippen LogP contribution in [0.4, 0.5) is 21.0 Å². The summed E-state index contributed by atoms with van der Waals surface area (Å²) in [6.45, 7) is 12.5. The zero-order valence-corrected chi connectivity index (χ0v) is 24.8. The average Bonchev–Trinajstić information content (AvgIpc) is 3.22. The molecule has 1 heterocycles. The fourth-order valence-electron chi connectivity index (χ4n) is 4.51. The highest BCUT2D eigenvalue weighted by Gasteiger charge is 2.31. The van der Waals surface area contributed by atoms with Crippen molar-refractivity contribution in [3.8, 4) is 5.75 Å². The lowest BCUT2D eigenvalue weighted by Gasteiger charge is -2.26. The van der Waals surface area contributed by atoms with Crippen LogP contribution in [-0.2, 0) is 20.7 Å². The lowest BCUT2D eigenvalue weighted by atomic mass is 9.94. The summed E-state index contributed by atoms with van der Waals surface area (Å²) in [6.07, 6.45) is 1.17. The van der Waals surface area contributed by atoms with Crippen molar-refractivity contribution >= 4 is 29.5 Å². The van der Waals surface area contributed by atoms with Gasteiger partial charge in [0.05, 0.1) is 5.92 Å². The van der Waals surface area contributed by atoms with Crippen LogP contribution < -0.4 is 9.80 Å². The van der Waals surface area contributed by atoms with Crippen LogP contribution >= 0.6 is 0 Å². The van der Waals surface area contributed by atoms with E-state index in [1.165, 1.54) is 4.90 Å². The largest absolute Gasteiger partial charge is 0.508 e. The molecule has 1 atom stereocenters. The number of nitrogens with zero attached hydrogens (tertiary/aromatic N) is 3. The van der Waals surface area contributed by atoms with E-state index in [9.17, 15) is 19.5 Å². The third-order valence-corrected chi connectivity index (χ3v) is 6.35. The summed E-state index contributed by atoms with van der Waals surface area (Å²) in [5, 5.41) is 9.83. The Bertz CT molecular complexity index is 1200. The number of phenols is 1. The molecule has 218 valence electrons. The molecule has 9 heteroatoms. The molecule has 1 saturated heterocycles. The highest BCUT2D eigenvalue weighted by Crippen LogP contribution is 2.29. The van der Waals surface area contributed by atoms with E-state index in [0.29, 0.717) is 44.6 Å². The molecule has 0 bridgehead atoms. The minimum absolute atomic E-state index is 0.108. The number of esters is 1. The molecule has 1 unspecified atom stereocenters. The highest BCUT2D eigenvalue weighted by atomic mass is 16.6. The van der Waals surface area contributed by atoms with E-state index in [-0.39, 0.29) is 17.7 Å². The van der Waals surface area contributed by atoms with E-state index < -0.39 is 23.2 Å². The van der Waals surface area contributed by atoms with E-state index in [1.807, 2.05) is 65.8 Å². The first-order valence-electron chi connectivity index (χ1n) is 13.8. The lowest BCUT2D eigenvalue weighted by Crippen LogP contribution is -2.35. The first kappa shape index (κ1) is 30.8. The molecule has 2 aromatic carbocycles. The molecule has 0 saturated carbocycles. The van der Waals surface area contributed by atoms with Crippen molar-refractivity contribution < 1.29 is 29.0 Å². The number of rotatable bonds is 9. The van der Waals surface area contributed by atoms with Gasteiger partial charge in [0.15, 0.2) is 0 Å². The van der Waals surface area contributed by atoms with Gasteiger partial charge in [-0.25, -0.2) is 9.59 Å². The zero-order valence-electron chi connectivity index (χ0n) is 24.8. The molecule has 3 rings (SSSR count). The van der Waals surface area contributed by atoms with Gasteiger partial charge in [0.25, 0.3) is 0 Å². The molecule has 9 nitrogen and oxygen atoms in total. The second-order valence-electron chi connectivity index (χ2n) is 12.3. The van der Waals surface area contributed by atoms with Crippen molar-refractivity contribution in [1.82, 2.24) is 4.90 Å². The SMILES string of the molecule is CN(CCCC(Cc1cccc(N2CCN(c3cccc(O)c3)C2=O)c1)C(=O)OC(C)(C)C)C(=O)OC(C)(C)C. The van der Waals surface area contributed by atoms with Gasteiger partial charge < -0.3 is 19.5 Å². The first-order valence-corrected chi connectivity index (χ1v) is 13.8. The Morgan fingerprint density at radius 2 is 1.50 bits per heavy atom. The number of anilines is 2. The van der Waals surface area contributed by atoms with Crippen LogP contribution in [-0.4, -0.2) is 66.0 Å². The maximum Gasteiger partial charge on any atom is 0.410 e. The summed E-state index contributed by atoms with van der Waals surface area (Å²) in [4.78, 5) is 43.6. The monoisotopic (exact) mass is 553 g/mol. The molecule has 40 heavy (non-hydrogen) atoms. The van der Waals surface area contributed by atoms with Gasteiger partial charge in [0.1, 0.15) is 17.0 Å².